The molecule has 0 spiro atoms. The summed E-state index contributed by atoms with van der Waals surface area (Å²) < 4.78 is 26.4. The van der Waals surface area contributed by atoms with Crippen LogP contribution in [0.1, 0.15) is 26.9 Å². The van der Waals surface area contributed by atoms with Gasteiger partial charge in [0.1, 0.15) is 5.37 Å². The summed E-state index contributed by atoms with van der Waals surface area (Å²) in [6.07, 6.45) is 0. The van der Waals surface area contributed by atoms with E-state index in [4.69, 9.17) is 0 Å². The molecule has 1 heterocycles. The summed E-state index contributed by atoms with van der Waals surface area (Å²) in [6.45, 7) is 0.524. The van der Waals surface area contributed by atoms with E-state index in [1.165, 1.54) is 6.07 Å². The Morgan fingerprint density at radius 1 is 1.00 bits per heavy atom. The molecule has 1 atom stereocenters. The van der Waals surface area contributed by atoms with Gasteiger partial charge in [-0.1, -0.05) is 42.5 Å². The maximum Gasteiger partial charge on any atom is 0.255 e. The first kappa shape index (κ1) is 20.1. The Kier molecular flexibility index (Phi) is 5.81. The van der Waals surface area contributed by atoms with Crippen molar-refractivity contribution >= 4 is 29.3 Å². The minimum Gasteiger partial charge on any atom is -0.322 e. The van der Waals surface area contributed by atoms with Crippen molar-refractivity contribution in [2.45, 2.75) is 11.9 Å². The van der Waals surface area contributed by atoms with Gasteiger partial charge in [-0.15, -0.1) is 11.8 Å². The molecule has 4 rings (SSSR count). The molecular weight excluding hydrogens is 406 g/mol. The number of halogens is 2. The fraction of sp³-hybridized carbons (Fsp3) is 0.130. The third-order valence-electron chi connectivity index (χ3n) is 4.80. The topological polar surface area (TPSA) is 49.4 Å². The van der Waals surface area contributed by atoms with E-state index >= 15 is 0 Å². The molecule has 0 aliphatic carbocycles. The molecular formula is C23H18F2N2O2S. The standard InChI is InChI=1S/C23H18F2N2O2S/c24-19-11-10-18(12-20(19)25)26-22(29)16-6-8-17(9-7-16)23-27(21(28)14-30-23)13-15-4-2-1-3-5-15/h1-12,23H,13-14H2,(H,26,29)/t23-/m0/s1. The van der Waals surface area contributed by atoms with E-state index in [0.717, 1.165) is 23.3 Å². The van der Waals surface area contributed by atoms with E-state index in [9.17, 15) is 18.4 Å². The fourth-order valence-electron chi connectivity index (χ4n) is 3.26. The first-order chi connectivity index (χ1) is 14.5. The first-order valence-corrected chi connectivity index (χ1v) is 10.4. The number of rotatable bonds is 5. The zero-order chi connectivity index (χ0) is 21.1. The number of anilines is 1. The first-order valence-electron chi connectivity index (χ1n) is 9.32. The average molecular weight is 424 g/mol. The van der Waals surface area contributed by atoms with Crippen LogP contribution in [0.15, 0.2) is 72.8 Å². The summed E-state index contributed by atoms with van der Waals surface area (Å²) in [5.74, 6) is -1.93. The maximum absolute atomic E-state index is 13.3. The van der Waals surface area contributed by atoms with Gasteiger partial charge in [-0.3, -0.25) is 9.59 Å². The van der Waals surface area contributed by atoms with Crippen molar-refractivity contribution in [3.8, 4) is 0 Å². The summed E-state index contributed by atoms with van der Waals surface area (Å²) in [7, 11) is 0. The molecule has 1 saturated heterocycles. The van der Waals surface area contributed by atoms with Crippen molar-refractivity contribution in [2.24, 2.45) is 0 Å². The van der Waals surface area contributed by atoms with Crippen LogP contribution >= 0.6 is 11.8 Å². The molecule has 3 aromatic carbocycles. The van der Waals surface area contributed by atoms with Gasteiger partial charge in [0.15, 0.2) is 11.6 Å². The Morgan fingerprint density at radius 3 is 2.43 bits per heavy atom. The van der Waals surface area contributed by atoms with Crippen molar-refractivity contribution in [3.63, 3.8) is 0 Å². The van der Waals surface area contributed by atoms with Gasteiger partial charge in [-0.05, 0) is 35.4 Å². The molecule has 0 saturated carbocycles. The van der Waals surface area contributed by atoms with Crippen molar-refractivity contribution in [1.82, 2.24) is 4.90 Å². The summed E-state index contributed by atoms with van der Waals surface area (Å²) in [4.78, 5) is 26.6. The van der Waals surface area contributed by atoms with Crippen LogP contribution in [-0.4, -0.2) is 22.5 Å². The number of hydrogen-bond donors (Lipinski definition) is 1. The molecule has 30 heavy (non-hydrogen) atoms. The number of hydrogen-bond acceptors (Lipinski definition) is 3. The second-order valence-electron chi connectivity index (χ2n) is 6.88. The van der Waals surface area contributed by atoms with Gasteiger partial charge in [0.2, 0.25) is 5.91 Å². The van der Waals surface area contributed by atoms with Crippen LogP contribution in [0.5, 0.6) is 0 Å². The third kappa shape index (κ3) is 4.36. The highest BCUT2D eigenvalue weighted by Crippen LogP contribution is 2.39. The SMILES string of the molecule is O=C(Nc1ccc(F)c(F)c1)c1ccc([C@@H]2SCC(=O)N2Cc2ccccc2)cc1. The number of nitrogens with one attached hydrogen (secondary N) is 1. The van der Waals surface area contributed by atoms with Crippen molar-refractivity contribution < 1.29 is 18.4 Å². The van der Waals surface area contributed by atoms with Gasteiger partial charge >= 0.3 is 0 Å². The molecule has 1 aliphatic rings. The summed E-state index contributed by atoms with van der Waals surface area (Å²) in [5, 5.41) is 2.42. The maximum atomic E-state index is 13.3. The Hall–Kier alpha value is -3.19. The zero-order valence-corrected chi connectivity index (χ0v) is 16.7. The van der Waals surface area contributed by atoms with Crippen LogP contribution in [0, 0.1) is 11.6 Å². The van der Waals surface area contributed by atoms with Gasteiger partial charge in [0, 0.05) is 23.9 Å². The van der Waals surface area contributed by atoms with E-state index < -0.39 is 17.5 Å². The Morgan fingerprint density at radius 2 is 1.73 bits per heavy atom. The Bertz CT molecular complexity index is 1070. The van der Waals surface area contributed by atoms with Crippen molar-refractivity contribution in [3.05, 3.63) is 101 Å². The molecule has 152 valence electrons. The largest absolute Gasteiger partial charge is 0.322 e. The highest BCUT2D eigenvalue weighted by Gasteiger charge is 2.32. The van der Waals surface area contributed by atoms with Crippen LogP contribution in [-0.2, 0) is 11.3 Å². The molecule has 0 radical (unpaired) electrons. The third-order valence-corrected chi connectivity index (χ3v) is 6.06. The minimum atomic E-state index is -1.02. The molecule has 1 fully saturated rings. The van der Waals surface area contributed by atoms with Crippen molar-refractivity contribution in [2.75, 3.05) is 11.1 Å². The quantitative estimate of drug-likeness (QED) is 0.628. The van der Waals surface area contributed by atoms with Gasteiger partial charge < -0.3 is 10.2 Å². The lowest BCUT2D eigenvalue weighted by molar-refractivity contribution is -0.128. The fourth-order valence-corrected chi connectivity index (χ4v) is 4.45. The molecule has 0 aromatic heterocycles. The number of nitrogens with zero attached hydrogens (tertiary/aromatic N) is 1. The lowest BCUT2D eigenvalue weighted by atomic mass is 10.1. The van der Waals surface area contributed by atoms with E-state index in [-0.39, 0.29) is 17.0 Å². The summed E-state index contributed by atoms with van der Waals surface area (Å²) >= 11 is 1.55. The molecule has 0 bridgehead atoms. The van der Waals surface area contributed by atoms with Crippen molar-refractivity contribution in [1.29, 1.82) is 0 Å². The number of carbonyl (C=O) groups excluding carboxylic acids is 2. The molecule has 1 N–H and O–H groups in total. The van der Waals surface area contributed by atoms with Gasteiger partial charge in [-0.25, -0.2) is 8.78 Å². The highest BCUT2D eigenvalue weighted by molar-refractivity contribution is 8.00. The van der Waals surface area contributed by atoms with Crippen LogP contribution < -0.4 is 5.32 Å². The average Bonchev–Trinajstić information content (AvgIpc) is 3.12. The number of thioether (sulfide) groups is 1. The number of carbonyl (C=O) groups is 2. The van der Waals surface area contributed by atoms with Gasteiger partial charge in [-0.2, -0.15) is 0 Å². The Balaban J connectivity index is 1.47. The minimum absolute atomic E-state index is 0.0778. The smallest absolute Gasteiger partial charge is 0.255 e. The van der Waals surface area contributed by atoms with E-state index in [1.807, 2.05) is 47.4 Å². The number of amides is 2. The molecule has 3 aromatic rings. The predicted octanol–water partition coefficient (Wildman–Crippen LogP) is 4.99. The molecule has 1 aliphatic heterocycles. The van der Waals surface area contributed by atoms with E-state index in [2.05, 4.69) is 5.32 Å². The zero-order valence-electron chi connectivity index (χ0n) is 15.8. The predicted molar refractivity (Wildman–Crippen MR) is 113 cm³/mol. The molecule has 7 heteroatoms. The van der Waals surface area contributed by atoms with Gasteiger partial charge in [0.25, 0.3) is 5.91 Å². The normalized spacial score (nSPS) is 16.0. The van der Waals surface area contributed by atoms with E-state index in [0.29, 0.717) is 17.9 Å². The van der Waals surface area contributed by atoms with E-state index in [1.54, 1.807) is 23.9 Å². The molecule has 4 nitrogen and oxygen atoms in total. The second-order valence-corrected chi connectivity index (χ2v) is 7.94. The second kappa shape index (κ2) is 8.67. The summed E-state index contributed by atoms with van der Waals surface area (Å²) in [5.41, 5.74) is 2.54. The number of benzene rings is 3. The molecule has 2 amide bonds. The molecule has 0 unspecified atom stereocenters. The van der Waals surface area contributed by atoms with Crippen LogP contribution in [0.2, 0.25) is 0 Å². The highest BCUT2D eigenvalue weighted by atomic mass is 32.2. The van der Waals surface area contributed by atoms with Crippen LogP contribution in [0.3, 0.4) is 0 Å². The lowest BCUT2D eigenvalue weighted by Gasteiger charge is -2.24. The van der Waals surface area contributed by atoms with Crippen LogP contribution in [0.4, 0.5) is 14.5 Å². The Labute approximate surface area is 176 Å². The lowest BCUT2D eigenvalue weighted by Crippen LogP contribution is -2.27. The monoisotopic (exact) mass is 424 g/mol. The van der Waals surface area contributed by atoms with Gasteiger partial charge in [0.05, 0.1) is 5.75 Å². The van der Waals surface area contributed by atoms with Crippen LogP contribution in [0.25, 0.3) is 0 Å². The summed E-state index contributed by atoms with van der Waals surface area (Å²) in [6, 6.07) is 19.9.